The second kappa shape index (κ2) is 5.43. The van der Waals surface area contributed by atoms with Gasteiger partial charge in [0, 0.05) is 36.5 Å². The number of nitro benzene ring substituents is 1. The van der Waals surface area contributed by atoms with Gasteiger partial charge in [-0.1, -0.05) is 5.16 Å². The molecule has 3 rings (SSSR count). The normalized spacial score (nSPS) is 16.1. The van der Waals surface area contributed by atoms with E-state index in [2.05, 4.69) is 10.1 Å². The van der Waals surface area contributed by atoms with Crippen molar-refractivity contribution in [1.82, 2.24) is 10.1 Å². The SMILES string of the molecule is O=C1CCC(c2nc(-c3ccc([N+](=O)[O-])cc3)no2)CC1. The van der Waals surface area contributed by atoms with E-state index in [1.54, 1.807) is 12.1 Å². The number of nitro groups is 1. The third kappa shape index (κ3) is 2.81. The van der Waals surface area contributed by atoms with E-state index in [4.69, 9.17) is 4.52 Å². The number of rotatable bonds is 3. The standard InChI is InChI=1S/C14H13N3O4/c18-12-7-3-10(4-8-12)14-15-13(16-21-14)9-1-5-11(6-2-9)17(19)20/h1-2,5-6,10H,3-4,7-8H2. The van der Waals surface area contributed by atoms with Crippen molar-refractivity contribution < 1.29 is 14.2 Å². The van der Waals surface area contributed by atoms with Crippen molar-refractivity contribution in [3.63, 3.8) is 0 Å². The van der Waals surface area contributed by atoms with Gasteiger partial charge in [0.25, 0.3) is 5.69 Å². The van der Waals surface area contributed by atoms with Crippen molar-refractivity contribution in [2.24, 2.45) is 0 Å². The summed E-state index contributed by atoms with van der Waals surface area (Å²) in [5, 5.41) is 14.5. The van der Waals surface area contributed by atoms with Crippen LogP contribution in [0.25, 0.3) is 11.4 Å². The molecule has 0 amide bonds. The van der Waals surface area contributed by atoms with Gasteiger partial charge in [-0.15, -0.1) is 0 Å². The van der Waals surface area contributed by atoms with Gasteiger partial charge in [0.2, 0.25) is 11.7 Å². The van der Waals surface area contributed by atoms with Crippen molar-refractivity contribution in [2.45, 2.75) is 31.6 Å². The molecule has 2 aromatic rings. The molecule has 0 N–H and O–H groups in total. The van der Waals surface area contributed by atoms with Gasteiger partial charge in [0.1, 0.15) is 5.78 Å². The fourth-order valence-corrected chi connectivity index (χ4v) is 2.44. The highest BCUT2D eigenvalue weighted by Crippen LogP contribution is 2.31. The maximum Gasteiger partial charge on any atom is 0.269 e. The average molecular weight is 287 g/mol. The Bertz CT molecular complexity index is 668. The largest absolute Gasteiger partial charge is 0.339 e. The van der Waals surface area contributed by atoms with E-state index in [9.17, 15) is 14.9 Å². The third-order valence-corrected chi connectivity index (χ3v) is 3.67. The Morgan fingerprint density at radius 2 is 1.86 bits per heavy atom. The molecular weight excluding hydrogens is 274 g/mol. The van der Waals surface area contributed by atoms with Crippen LogP contribution in [0.15, 0.2) is 28.8 Å². The molecule has 7 nitrogen and oxygen atoms in total. The first-order valence-corrected chi connectivity index (χ1v) is 6.73. The third-order valence-electron chi connectivity index (χ3n) is 3.67. The molecule has 108 valence electrons. The van der Waals surface area contributed by atoms with Gasteiger partial charge in [-0.25, -0.2) is 0 Å². The minimum absolute atomic E-state index is 0.0215. The number of carbonyl (C=O) groups is 1. The van der Waals surface area contributed by atoms with E-state index in [1.165, 1.54) is 12.1 Å². The summed E-state index contributed by atoms with van der Waals surface area (Å²) < 4.78 is 5.27. The van der Waals surface area contributed by atoms with Gasteiger partial charge in [-0.2, -0.15) is 4.98 Å². The van der Waals surface area contributed by atoms with E-state index >= 15 is 0 Å². The van der Waals surface area contributed by atoms with Gasteiger partial charge in [0.05, 0.1) is 4.92 Å². The molecule has 1 aliphatic carbocycles. The van der Waals surface area contributed by atoms with Crippen LogP contribution in [-0.2, 0) is 4.79 Å². The lowest BCUT2D eigenvalue weighted by Crippen LogP contribution is -2.12. The molecule has 1 aliphatic rings. The minimum Gasteiger partial charge on any atom is -0.339 e. The highest BCUT2D eigenvalue weighted by atomic mass is 16.6. The molecule has 0 unspecified atom stereocenters. The molecule has 1 aromatic carbocycles. The Morgan fingerprint density at radius 1 is 1.19 bits per heavy atom. The van der Waals surface area contributed by atoms with Crippen molar-refractivity contribution >= 4 is 11.5 Å². The van der Waals surface area contributed by atoms with Gasteiger partial charge in [-0.05, 0) is 25.0 Å². The van der Waals surface area contributed by atoms with E-state index < -0.39 is 4.92 Å². The zero-order valence-corrected chi connectivity index (χ0v) is 11.2. The smallest absolute Gasteiger partial charge is 0.269 e. The lowest BCUT2D eigenvalue weighted by molar-refractivity contribution is -0.384. The summed E-state index contributed by atoms with van der Waals surface area (Å²) in [6, 6.07) is 6.00. The molecule has 0 radical (unpaired) electrons. The monoisotopic (exact) mass is 287 g/mol. The molecule has 0 atom stereocenters. The Balaban J connectivity index is 1.78. The maximum atomic E-state index is 11.2. The van der Waals surface area contributed by atoms with Crippen LogP contribution in [0.5, 0.6) is 0 Å². The van der Waals surface area contributed by atoms with Crippen LogP contribution < -0.4 is 0 Å². The molecule has 0 saturated heterocycles. The first kappa shape index (κ1) is 13.4. The Hall–Kier alpha value is -2.57. The Labute approximate surface area is 120 Å². The van der Waals surface area contributed by atoms with Crippen molar-refractivity contribution in [3.05, 3.63) is 40.3 Å². The molecule has 7 heteroatoms. The van der Waals surface area contributed by atoms with Crippen LogP contribution in [0.4, 0.5) is 5.69 Å². The predicted octanol–water partition coefficient (Wildman–Crippen LogP) is 2.87. The molecule has 21 heavy (non-hydrogen) atoms. The number of hydrogen-bond acceptors (Lipinski definition) is 6. The number of ketones is 1. The number of carbonyl (C=O) groups excluding carboxylic acids is 1. The highest BCUT2D eigenvalue weighted by molar-refractivity contribution is 5.79. The molecule has 1 fully saturated rings. The van der Waals surface area contributed by atoms with Crippen molar-refractivity contribution in [2.75, 3.05) is 0 Å². The summed E-state index contributed by atoms with van der Waals surface area (Å²) in [5.74, 6) is 1.36. The number of benzene rings is 1. The van der Waals surface area contributed by atoms with Gasteiger partial charge >= 0.3 is 0 Å². The van der Waals surface area contributed by atoms with Crippen LogP contribution in [0.1, 0.15) is 37.5 Å². The first-order valence-electron chi connectivity index (χ1n) is 6.73. The minimum atomic E-state index is -0.454. The quantitative estimate of drug-likeness (QED) is 0.635. The zero-order chi connectivity index (χ0) is 14.8. The van der Waals surface area contributed by atoms with Crippen LogP contribution in [0.3, 0.4) is 0 Å². The summed E-state index contributed by atoms with van der Waals surface area (Å²) in [6.07, 6.45) is 2.58. The number of nitrogens with zero attached hydrogens (tertiary/aromatic N) is 3. The first-order chi connectivity index (χ1) is 10.1. The number of Topliss-reactive ketones (excluding diaryl/α,β-unsaturated/α-hetero) is 1. The maximum absolute atomic E-state index is 11.2. The lowest BCUT2D eigenvalue weighted by Gasteiger charge is -2.16. The Morgan fingerprint density at radius 3 is 2.48 bits per heavy atom. The molecule has 1 aromatic heterocycles. The average Bonchev–Trinajstić information content (AvgIpc) is 2.98. The summed E-state index contributed by atoms with van der Waals surface area (Å²) in [5.41, 5.74) is 0.691. The van der Waals surface area contributed by atoms with Crippen LogP contribution >= 0.6 is 0 Å². The molecule has 0 aliphatic heterocycles. The number of non-ortho nitro benzene ring substituents is 1. The fourth-order valence-electron chi connectivity index (χ4n) is 2.44. The van der Waals surface area contributed by atoms with Gasteiger partial charge in [0.15, 0.2) is 0 Å². The van der Waals surface area contributed by atoms with Crippen LogP contribution in [0, 0.1) is 10.1 Å². The van der Waals surface area contributed by atoms with E-state index in [0.717, 1.165) is 12.8 Å². The van der Waals surface area contributed by atoms with Gasteiger partial charge in [-0.3, -0.25) is 14.9 Å². The summed E-state index contributed by atoms with van der Waals surface area (Å²) >= 11 is 0. The fraction of sp³-hybridized carbons (Fsp3) is 0.357. The topological polar surface area (TPSA) is 99.1 Å². The number of hydrogen-bond donors (Lipinski definition) is 0. The van der Waals surface area contributed by atoms with Crippen LogP contribution in [-0.4, -0.2) is 20.8 Å². The molecular formula is C14H13N3O4. The molecule has 0 bridgehead atoms. The lowest BCUT2D eigenvalue weighted by atomic mass is 9.88. The summed E-state index contributed by atoms with van der Waals surface area (Å²) in [7, 11) is 0. The van der Waals surface area contributed by atoms with E-state index in [1.807, 2.05) is 0 Å². The van der Waals surface area contributed by atoms with Crippen LogP contribution in [0.2, 0.25) is 0 Å². The molecule has 1 heterocycles. The van der Waals surface area contributed by atoms with E-state index in [-0.39, 0.29) is 17.4 Å². The summed E-state index contributed by atoms with van der Waals surface area (Å²) in [4.78, 5) is 25.7. The molecule has 1 saturated carbocycles. The van der Waals surface area contributed by atoms with Crippen molar-refractivity contribution in [1.29, 1.82) is 0 Å². The van der Waals surface area contributed by atoms with Crippen molar-refractivity contribution in [3.8, 4) is 11.4 Å². The second-order valence-corrected chi connectivity index (χ2v) is 5.07. The second-order valence-electron chi connectivity index (χ2n) is 5.07. The molecule has 0 spiro atoms. The van der Waals surface area contributed by atoms with Gasteiger partial charge < -0.3 is 4.52 Å². The predicted molar refractivity (Wildman–Crippen MR) is 72.6 cm³/mol. The summed E-state index contributed by atoms with van der Waals surface area (Å²) in [6.45, 7) is 0. The zero-order valence-electron chi connectivity index (χ0n) is 11.2. The highest BCUT2D eigenvalue weighted by Gasteiger charge is 2.25. The number of aromatic nitrogens is 2. The Kier molecular flexibility index (Phi) is 3.47. The van der Waals surface area contributed by atoms with E-state index in [0.29, 0.717) is 30.1 Å².